The maximum atomic E-state index is 12.7. The summed E-state index contributed by atoms with van der Waals surface area (Å²) in [5.74, 6) is -1.28. The summed E-state index contributed by atoms with van der Waals surface area (Å²) in [6, 6.07) is 6.27. The van der Waals surface area contributed by atoms with E-state index in [1.165, 1.54) is 23.1 Å². The van der Waals surface area contributed by atoms with Gasteiger partial charge in [0, 0.05) is 0 Å². The van der Waals surface area contributed by atoms with Gasteiger partial charge in [0.05, 0.1) is 49.7 Å². The van der Waals surface area contributed by atoms with Gasteiger partial charge in [0.25, 0.3) is 0 Å². The third-order valence-electron chi connectivity index (χ3n) is 3.75. The van der Waals surface area contributed by atoms with Crippen LogP contribution >= 0.6 is 0 Å². The quantitative estimate of drug-likeness (QED) is 0.163. The average Bonchev–Trinajstić information content (AvgIpc) is 2.68. The van der Waals surface area contributed by atoms with E-state index in [1.54, 1.807) is 19.1 Å². The predicted octanol–water partition coefficient (Wildman–Crippen LogP) is -0.144. The van der Waals surface area contributed by atoms with E-state index in [1.807, 2.05) is 6.92 Å². The van der Waals surface area contributed by atoms with Crippen molar-refractivity contribution in [3.05, 3.63) is 29.8 Å². The molecule has 0 aliphatic heterocycles. The van der Waals surface area contributed by atoms with Gasteiger partial charge in [0.15, 0.2) is 0 Å². The van der Waals surface area contributed by atoms with Crippen LogP contribution in [0.3, 0.4) is 0 Å². The van der Waals surface area contributed by atoms with Crippen LogP contribution in [-0.4, -0.2) is 62.6 Å². The topological polar surface area (TPSA) is 163 Å². The minimum absolute atomic E-state index is 0.0544. The highest BCUT2D eigenvalue weighted by atomic mass is 32.2. The zero-order chi connectivity index (χ0) is 21.9. The normalized spacial score (nSPS) is 11.9. The average molecular weight is 433 g/mol. The van der Waals surface area contributed by atoms with Crippen molar-refractivity contribution in [1.82, 2.24) is 15.7 Å². The van der Waals surface area contributed by atoms with Crippen molar-refractivity contribution in [3.8, 4) is 0 Å². The molecule has 2 amide bonds. The molecule has 0 spiro atoms. The van der Waals surface area contributed by atoms with E-state index >= 15 is 0 Å². The predicted molar refractivity (Wildman–Crippen MR) is 101 cm³/mol. The highest BCUT2D eigenvalue weighted by Crippen LogP contribution is 2.15. The Morgan fingerprint density at radius 2 is 1.41 bits per heavy atom. The number of hydrogen-bond acceptors (Lipinski definition) is 8. The van der Waals surface area contributed by atoms with Gasteiger partial charge in [-0.25, -0.2) is 24.1 Å². The minimum atomic E-state index is -3.90. The second-order valence-electron chi connectivity index (χ2n) is 6.65. The minimum Gasteiger partial charge on any atom is -0.379 e. The molecule has 164 valence electrons. The lowest BCUT2D eigenvalue weighted by Gasteiger charge is -2.30. The summed E-state index contributed by atoms with van der Waals surface area (Å²) in [5.41, 5.74) is 2.64. The van der Waals surface area contributed by atoms with E-state index in [-0.39, 0.29) is 44.2 Å². The van der Waals surface area contributed by atoms with Crippen molar-refractivity contribution < 1.29 is 37.9 Å². The fourth-order valence-corrected chi connectivity index (χ4v) is 3.62. The number of sulfonamides is 1. The van der Waals surface area contributed by atoms with Crippen molar-refractivity contribution in [2.45, 2.75) is 37.1 Å². The molecule has 0 aliphatic rings. The molecule has 0 saturated heterocycles. The summed E-state index contributed by atoms with van der Waals surface area (Å²) in [7, 11) is -3.90. The first-order valence-electron chi connectivity index (χ1n) is 8.74. The molecule has 0 unspecified atom stereocenters. The Balaban J connectivity index is 2.80. The van der Waals surface area contributed by atoms with Gasteiger partial charge in [-0.2, -0.15) is 0 Å². The second kappa shape index (κ2) is 11.8. The molecule has 29 heavy (non-hydrogen) atoms. The van der Waals surface area contributed by atoms with Crippen molar-refractivity contribution >= 4 is 21.8 Å². The number of nitrogens with one attached hydrogen (secondary N) is 3. The van der Waals surface area contributed by atoms with Crippen molar-refractivity contribution in [2.75, 3.05) is 26.4 Å². The smallest absolute Gasteiger partial charge is 0.245 e. The molecule has 0 aliphatic carbocycles. The number of hydroxylamine groups is 2. The number of amides is 2. The van der Waals surface area contributed by atoms with Gasteiger partial charge in [0.2, 0.25) is 21.8 Å². The Kier molecular flexibility index (Phi) is 10.2. The molecule has 0 aromatic heterocycles. The molecule has 0 radical (unpaired) electrons. The van der Waals surface area contributed by atoms with E-state index in [4.69, 9.17) is 19.9 Å². The third kappa shape index (κ3) is 9.30. The molecule has 0 fully saturated rings. The summed E-state index contributed by atoms with van der Waals surface area (Å²) in [6.45, 7) is 3.01. The first-order chi connectivity index (χ1) is 13.6. The molecule has 0 heterocycles. The monoisotopic (exact) mass is 433 g/mol. The summed E-state index contributed by atoms with van der Waals surface area (Å²) >= 11 is 0. The van der Waals surface area contributed by atoms with Gasteiger partial charge < -0.3 is 9.47 Å². The van der Waals surface area contributed by atoms with E-state index in [2.05, 4.69) is 4.72 Å². The molecule has 1 rings (SSSR count). The highest BCUT2D eigenvalue weighted by molar-refractivity contribution is 7.89. The van der Waals surface area contributed by atoms with E-state index in [0.29, 0.717) is 0 Å². The highest BCUT2D eigenvalue weighted by Gasteiger charge is 2.31. The lowest BCUT2D eigenvalue weighted by Crippen LogP contribution is -2.53. The van der Waals surface area contributed by atoms with Crippen LogP contribution in [0, 0.1) is 6.92 Å². The van der Waals surface area contributed by atoms with Gasteiger partial charge in [-0.1, -0.05) is 17.7 Å². The number of carbonyl (C=O) groups excluding carboxylic acids is 2. The van der Waals surface area contributed by atoms with Crippen LogP contribution in [0.15, 0.2) is 29.2 Å². The van der Waals surface area contributed by atoms with Crippen LogP contribution in [-0.2, 0) is 29.1 Å². The van der Waals surface area contributed by atoms with Crippen LogP contribution in [0.25, 0.3) is 0 Å². The maximum absolute atomic E-state index is 12.7. The first-order valence-corrected chi connectivity index (χ1v) is 10.2. The largest absolute Gasteiger partial charge is 0.379 e. The molecule has 0 saturated carbocycles. The zero-order valence-corrected chi connectivity index (χ0v) is 17.1. The van der Waals surface area contributed by atoms with Crippen LogP contribution in [0.2, 0.25) is 0 Å². The van der Waals surface area contributed by atoms with Crippen LogP contribution in [0.4, 0.5) is 0 Å². The fourth-order valence-electron chi connectivity index (χ4n) is 2.24. The van der Waals surface area contributed by atoms with Gasteiger partial charge in [-0.05, 0) is 26.0 Å². The SMILES string of the molecule is Cc1ccc(S(=O)(=O)NC(C)(COCCC(=O)NO)COCCC(=O)NO)cc1. The van der Waals surface area contributed by atoms with Crippen LogP contribution in [0.5, 0.6) is 0 Å². The number of rotatable bonds is 13. The number of aryl methyl sites for hydroxylation is 1. The summed E-state index contributed by atoms with van der Waals surface area (Å²) in [4.78, 5) is 22.2. The molecule has 12 heteroatoms. The molecule has 0 atom stereocenters. The van der Waals surface area contributed by atoms with Crippen LogP contribution < -0.4 is 15.7 Å². The molecule has 1 aromatic rings. The third-order valence-corrected chi connectivity index (χ3v) is 5.40. The number of carbonyl (C=O) groups is 2. The summed E-state index contributed by atoms with van der Waals surface area (Å²) < 4.78 is 38.7. The molecule has 0 bridgehead atoms. The molecule has 11 nitrogen and oxygen atoms in total. The Labute approximate surface area is 169 Å². The van der Waals surface area contributed by atoms with Gasteiger partial charge in [-0.3, -0.25) is 20.0 Å². The standard InChI is InChI=1S/C17H27N3O8S/c1-13-3-5-14(6-4-13)29(25,26)20-17(2,11-27-9-7-15(21)18-23)12-28-10-8-16(22)19-24/h3-6,20,23-24H,7-12H2,1-2H3,(H,18,21)(H,19,22). The first kappa shape index (κ1) is 24.9. The lowest BCUT2D eigenvalue weighted by atomic mass is 10.1. The molecular weight excluding hydrogens is 406 g/mol. The molecular formula is C17H27N3O8S. The van der Waals surface area contributed by atoms with E-state index in [0.717, 1.165) is 5.56 Å². The summed E-state index contributed by atoms with van der Waals surface area (Å²) in [5, 5.41) is 17.0. The van der Waals surface area contributed by atoms with Gasteiger partial charge in [0.1, 0.15) is 0 Å². The van der Waals surface area contributed by atoms with Gasteiger partial charge >= 0.3 is 0 Å². The molecule has 5 N–H and O–H groups in total. The summed E-state index contributed by atoms with van der Waals surface area (Å²) in [6.07, 6.45) is -0.232. The number of ether oxygens (including phenoxy) is 2. The Morgan fingerprint density at radius 1 is 0.966 bits per heavy atom. The number of benzene rings is 1. The Bertz CT molecular complexity index is 743. The van der Waals surface area contributed by atoms with E-state index < -0.39 is 27.4 Å². The number of hydrogen-bond donors (Lipinski definition) is 5. The van der Waals surface area contributed by atoms with E-state index in [9.17, 15) is 18.0 Å². The van der Waals surface area contributed by atoms with Gasteiger partial charge in [-0.15, -0.1) is 0 Å². The fraction of sp³-hybridized carbons (Fsp3) is 0.529. The Hall–Kier alpha value is -2.09. The van der Waals surface area contributed by atoms with Crippen molar-refractivity contribution in [2.24, 2.45) is 0 Å². The second-order valence-corrected chi connectivity index (χ2v) is 8.34. The lowest BCUT2D eigenvalue weighted by molar-refractivity contribution is -0.130. The van der Waals surface area contributed by atoms with Crippen LogP contribution in [0.1, 0.15) is 25.3 Å². The molecule has 1 aromatic carbocycles. The maximum Gasteiger partial charge on any atom is 0.245 e. The Morgan fingerprint density at radius 3 is 1.83 bits per heavy atom. The van der Waals surface area contributed by atoms with Crippen molar-refractivity contribution in [1.29, 1.82) is 0 Å². The zero-order valence-electron chi connectivity index (χ0n) is 16.3. The van der Waals surface area contributed by atoms with Crippen molar-refractivity contribution in [3.63, 3.8) is 0 Å².